The van der Waals surface area contributed by atoms with Crippen molar-refractivity contribution in [1.29, 1.82) is 0 Å². The third kappa shape index (κ3) is 4.88. The number of fused-ring (bicyclic) bond motifs is 1. The number of nitrogens with zero attached hydrogens (tertiary/aromatic N) is 3. The fourth-order valence-electron chi connectivity index (χ4n) is 3.42. The Morgan fingerprint density at radius 3 is 2.69 bits per heavy atom. The Morgan fingerprint density at radius 2 is 1.91 bits per heavy atom. The molecule has 0 saturated heterocycles. The summed E-state index contributed by atoms with van der Waals surface area (Å²) >= 11 is 2.16. The highest BCUT2D eigenvalue weighted by Crippen LogP contribution is 2.34. The predicted octanol–water partition coefficient (Wildman–Crippen LogP) is 5.69. The molecule has 3 aromatic heterocycles. The Kier molecular flexibility index (Phi) is 6.67. The van der Waals surface area contributed by atoms with Crippen LogP contribution >= 0.6 is 15.9 Å². The lowest BCUT2D eigenvalue weighted by atomic mass is 9.98. The van der Waals surface area contributed by atoms with Gasteiger partial charge in [-0.1, -0.05) is 23.4 Å². The van der Waals surface area contributed by atoms with Gasteiger partial charge in [0.05, 0.1) is 5.69 Å². The van der Waals surface area contributed by atoms with Crippen LogP contribution < -0.4 is 4.72 Å². The quantitative estimate of drug-likeness (QED) is 0.263. The van der Waals surface area contributed by atoms with E-state index in [1.165, 1.54) is 0 Å². The van der Waals surface area contributed by atoms with Crippen molar-refractivity contribution in [2.45, 2.75) is 44.9 Å². The number of hydrogen-bond acceptors (Lipinski definition) is 6. The van der Waals surface area contributed by atoms with Gasteiger partial charge in [0.15, 0.2) is 5.58 Å². The van der Waals surface area contributed by atoms with Crippen molar-refractivity contribution in [2.75, 3.05) is 0 Å². The first-order chi connectivity index (χ1) is 15.2. The van der Waals surface area contributed by atoms with Crippen molar-refractivity contribution in [2.24, 2.45) is 0 Å². The van der Waals surface area contributed by atoms with Gasteiger partial charge in [0.1, 0.15) is 21.1 Å². The molecule has 0 fully saturated rings. The van der Waals surface area contributed by atoms with Gasteiger partial charge in [0.25, 0.3) is 0 Å². The SMILES string of the molecule is Cc1ccc(Br)nc1CC(N[S+]([O-])C(C)(C)C)c1ncccc1-c1noc2ccccc12. The minimum atomic E-state index is -1.31. The van der Waals surface area contributed by atoms with Crippen LogP contribution in [0.1, 0.15) is 43.8 Å². The van der Waals surface area contributed by atoms with Crippen LogP contribution in [-0.2, 0) is 17.8 Å². The summed E-state index contributed by atoms with van der Waals surface area (Å²) in [7, 11) is 0. The maximum absolute atomic E-state index is 13.1. The number of pyridine rings is 2. The van der Waals surface area contributed by atoms with E-state index in [2.05, 4.69) is 30.8 Å². The number of hydrogen-bond donors (Lipinski definition) is 1. The largest absolute Gasteiger partial charge is 0.598 e. The average molecular weight is 513 g/mol. The van der Waals surface area contributed by atoms with Gasteiger partial charge in [-0.3, -0.25) is 4.98 Å². The smallest absolute Gasteiger partial charge is 0.167 e. The van der Waals surface area contributed by atoms with Crippen LogP contribution in [-0.4, -0.2) is 24.4 Å². The third-order valence-electron chi connectivity index (χ3n) is 5.17. The standard InChI is InChI=1S/C24H25BrN4O2S/c1-15-11-12-21(25)27-18(15)14-19(29-32(30)24(2,3)4)23-17(9-7-13-26-23)22-16-8-5-6-10-20(16)31-28-22/h5-13,19,29H,14H2,1-4H3. The van der Waals surface area contributed by atoms with E-state index in [0.29, 0.717) is 12.0 Å². The molecule has 0 saturated carbocycles. The van der Waals surface area contributed by atoms with E-state index < -0.39 is 16.1 Å². The molecule has 0 amide bonds. The van der Waals surface area contributed by atoms with E-state index in [9.17, 15) is 4.55 Å². The first-order valence-electron chi connectivity index (χ1n) is 10.3. The Hall–Kier alpha value is -2.26. The second-order valence-corrected chi connectivity index (χ2v) is 11.4. The van der Waals surface area contributed by atoms with Crippen molar-refractivity contribution in [3.8, 4) is 11.3 Å². The highest BCUT2D eigenvalue weighted by atomic mass is 79.9. The number of aromatic nitrogens is 3. The van der Waals surface area contributed by atoms with Gasteiger partial charge < -0.3 is 9.08 Å². The van der Waals surface area contributed by atoms with Crippen LogP contribution in [0.15, 0.2) is 63.9 Å². The van der Waals surface area contributed by atoms with E-state index >= 15 is 0 Å². The first kappa shape index (κ1) is 22.9. The fourth-order valence-corrected chi connectivity index (χ4v) is 4.57. The van der Waals surface area contributed by atoms with Crippen LogP contribution in [0.25, 0.3) is 22.2 Å². The predicted molar refractivity (Wildman–Crippen MR) is 131 cm³/mol. The Labute approximate surface area is 199 Å². The van der Waals surface area contributed by atoms with E-state index in [4.69, 9.17) is 9.51 Å². The lowest BCUT2D eigenvalue weighted by Crippen LogP contribution is -2.42. The molecule has 8 heteroatoms. The Balaban J connectivity index is 1.82. The molecule has 0 radical (unpaired) electrons. The summed E-state index contributed by atoms with van der Waals surface area (Å²) in [4.78, 5) is 9.37. The van der Waals surface area contributed by atoms with E-state index in [0.717, 1.165) is 38.2 Å². The molecule has 3 heterocycles. The first-order valence-corrected chi connectivity index (χ1v) is 12.3. The van der Waals surface area contributed by atoms with E-state index in [1.54, 1.807) is 6.20 Å². The Morgan fingerprint density at radius 1 is 1.12 bits per heavy atom. The van der Waals surface area contributed by atoms with Crippen molar-refractivity contribution in [1.82, 2.24) is 19.8 Å². The zero-order valence-corrected chi connectivity index (χ0v) is 20.8. The van der Waals surface area contributed by atoms with Gasteiger partial charge in [0.2, 0.25) is 0 Å². The lowest BCUT2D eigenvalue weighted by Gasteiger charge is -2.28. The van der Waals surface area contributed by atoms with Gasteiger partial charge in [-0.15, -0.1) is 4.72 Å². The second-order valence-electron chi connectivity index (χ2n) is 8.62. The molecule has 0 aliphatic heterocycles. The van der Waals surface area contributed by atoms with Crippen molar-refractivity contribution in [3.63, 3.8) is 0 Å². The number of benzene rings is 1. The monoisotopic (exact) mass is 512 g/mol. The number of para-hydroxylation sites is 1. The zero-order chi connectivity index (χ0) is 22.9. The number of aryl methyl sites for hydroxylation is 1. The summed E-state index contributed by atoms with van der Waals surface area (Å²) in [6.45, 7) is 7.86. The highest BCUT2D eigenvalue weighted by molar-refractivity contribution is 9.10. The summed E-state index contributed by atoms with van der Waals surface area (Å²) in [6, 6.07) is 15.2. The van der Waals surface area contributed by atoms with Gasteiger partial charge in [-0.2, -0.15) is 0 Å². The van der Waals surface area contributed by atoms with Crippen LogP contribution in [0.4, 0.5) is 0 Å². The molecule has 0 bridgehead atoms. The molecule has 0 aliphatic carbocycles. The van der Waals surface area contributed by atoms with Gasteiger partial charge in [0, 0.05) is 40.6 Å². The van der Waals surface area contributed by atoms with E-state index in [1.807, 2.05) is 76.2 Å². The van der Waals surface area contributed by atoms with Crippen molar-refractivity contribution in [3.05, 3.63) is 76.3 Å². The number of nitrogens with one attached hydrogen (secondary N) is 1. The lowest BCUT2D eigenvalue weighted by molar-refractivity contribution is 0.459. The summed E-state index contributed by atoms with van der Waals surface area (Å²) in [6.07, 6.45) is 2.27. The molecule has 1 N–H and O–H groups in total. The summed E-state index contributed by atoms with van der Waals surface area (Å²) in [5.41, 5.74) is 5.00. The van der Waals surface area contributed by atoms with E-state index in [-0.39, 0.29) is 6.04 Å². The molecule has 4 rings (SSSR count). The Bertz CT molecular complexity index is 1240. The minimum absolute atomic E-state index is 0.345. The highest BCUT2D eigenvalue weighted by Gasteiger charge is 2.32. The zero-order valence-electron chi connectivity index (χ0n) is 18.4. The maximum atomic E-state index is 13.1. The van der Waals surface area contributed by atoms with Crippen LogP contribution in [0, 0.1) is 6.92 Å². The van der Waals surface area contributed by atoms with Crippen molar-refractivity contribution >= 4 is 38.3 Å². The molecular formula is C24H25BrN4O2S. The molecule has 2 atom stereocenters. The summed E-state index contributed by atoms with van der Waals surface area (Å²) in [5, 5.41) is 5.24. The van der Waals surface area contributed by atoms with Crippen LogP contribution in [0.5, 0.6) is 0 Å². The number of halogens is 1. The fraction of sp³-hybridized carbons (Fsp3) is 0.292. The molecule has 166 valence electrons. The average Bonchev–Trinajstić information content (AvgIpc) is 3.19. The molecule has 32 heavy (non-hydrogen) atoms. The van der Waals surface area contributed by atoms with Gasteiger partial charge >= 0.3 is 0 Å². The molecule has 6 nitrogen and oxygen atoms in total. The summed E-state index contributed by atoms with van der Waals surface area (Å²) in [5.74, 6) is 0. The molecule has 2 unspecified atom stereocenters. The normalized spacial score (nSPS) is 13.9. The second kappa shape index (κ2) is 9.31. The third-order valence-corrected chi connectivity index (χ3v) is 7.22. The number of rotatable bonds is 6. The summed E-state index contributed by atoms with van der Waals surface area (Å²) < 4.78 is 22.3. The molecule has 4 aromatic rings. The minimum Gasteiger partial charge on any atom is -0.598 e. The van der Waals surface area contributed by atoms with Crippen molar-refractivity contribution < 1.29 is 9.08 Å². The molecule has 0 spiro atoms. The molecular weight excluding hydrogens is 488 g/mol. The van der Waals surface area contributed by atoms with Gasteiger partial charge in [-0.25, -0.2) is 4.98 Å². The van der Waals surface area contributed by atoms with Crippen LogP contribution in [0.2, 0.25) is 0 Å². The maximum Gasteiger partial charge on any atom is 0.167 e. The van der Waals surface area contributed by atoms with Gasteiger partial charge in [-0.05, 0) is 79.5 Å². The topological polar surface area (TPSA) is 86.9 Å². The molecule has 0 aliphatic rings. The molecule has 1 aromatic carbocycles. The van der Waals surface area contributed by atoms with Crippen LogP contribution in [0.3, 0.4) is 0 Å².